The molecule has 0 aliphatic heterocycles. The van der Waals surface area contributed by atoms with Gasteiger partial charge in [-0.25, -0.2) is 14.8 Å². The summed E-state index contributed by atoms with van der Waals surface area (Å²) in [5.74, 6) is -1.46. The molecule has 3 rings (SSSR count). The Morgan fingerprint density at radius 1 is 1.21 bits per heavy atom. The van der Waals surface area contributed by atoms with Crippen molar-refractivity contribution in [3.8, 4) is 27.6 Å². The Bertz CT molecular complexity index is 921. The van der Waals surface area contributed by atoms with Gasteiger partial charge in [-0.05, 0) is 31.2 Å². The second kappa shape index (κ2) is 6.38. The molecule has 0 fully saturated rings. The van der Waals surface area contributed by atoms with Crippen molar-refractivity contribution in [3.63, 3.8) is 0 Å². The fourth-order valence-corrected chi connectivity index (χ4v) is 3.28. The van der Waals surface area contributed by atoms with Crippen LogP contribution < -0.4 is 5.73 Å². The van der Waals surface area contributed by atoms with Crippen LogP contribution in [-0.2, 0) is 6.54 Å². The van der Waals surface area contributed by atoms with Gasteiger partial charge in [0.2, 0.25) is 0 Å². The summed E-state index contributed by atoms with van der Waals surface area (Å²) >= 11 is 1.50. The molecular formula is C17H15N3O3S. The molecule has 122 valence electrons. The zero-order valence-corrected chi connectivity index (χ0v) is 13.7. The highest BCUT2D eigenvalue weighted by Crippen LogP contribution is 2.31. The zero-order chi connectivity index (χ0) is 17.3. The standard InChI is InChI=1S/C17H15N3O3S/c1-9-16(24-15(8-18)19-9)13-4-2-3-12(20-13)10-5-6-11(17(22)23)14(21)7-10/h2-7,21H,8,18H2,1H3,(H,22,23). The van der Waals surface area contributed by atoms with Gasteiger partial charge in [0.15, 0.2) is 0 Å². The Kier molecular flexibility index (Phi) is 4.28. The molecule has 0 saturated heterocycles. The lowest BCUT2D eigenvalue weighted by Crippen LogP contribution is -1.97. The number of hydrogen-bond donors (Lipinski definition) is 3. The summed E-state index contributed by atoms with van der Waals surface area (Å²) in [6.45, 7) is 2.29. The lowest BCUT2D eigenvalue weighted by molar-refractivity contribution is 0.0694. The van der Waals surface area contributed by atoms with E-state index in [1.165, 1.54) is 23.5 Å². The molecule has 0 bridgehead atoms. The summed E-state index contributed by atoms with van der Waals surface area (Å²) in [5, 5.41) is 19.7. The fraction of sp³-hybridized carbons (Fsp3) is 0.118. The normalized spacial score (nSPS) is 10.8. The maximum absolute atomic E-state index is 11.0. The van der Waals surface area contributed by atoms with Gasteiger partial charge in [-0.1, -0.05) is 12.1 Å². The number of pyridine rings is 1. The number of phenols is 1. The van der Waals surface area contributed by atoms with Gasteiger partial charge in [0.25, 0.3) is 0 Å². The minimum absolute atomic E-state index is 0.138. The molecule has 7 heteroatoms. The number of carboxylic acid groups (broad SMARTS) is 1. The van der Waals surface area contributed by atoms with Crippen LogP contribution in [0.15, 0.2) is 36.4 Å². The number of aromatic nitrogens is 2. The zero-order valence-electron chi connectivity index (χ0n) is 12.9. The van der Waals surface area contributed by atoms with Gasteiger partial charge >= 0.3 is 5.97 Å². The Labute approximate surface area is 142 Å². The van der Waals surface area contributed by atoms with Crippen LogP contribution in [0.1, 0.15) is 21.1 Å². The molecule has 0 amide bonds. The van der Waals surface area contributed by atoms with E-state index in [0.29, 0.717) is 17.8 Å². The molecule has 0 saturated carbocycles. The third-order valence-electron chi connectivity index (χ3n) is 3.52. The molecule has 4 N–H and O–H groups in total. The Hall–Kier alpha value is -2.77. The summed E-state index contributed by atoms with van der Waals surface area (Å²) < 4.78 is 0. The third-order valence-corrected chi connectivity index (χ3v) is 4.72. The average molecular weight is 341 g/mol. The monoisotopic (exact) mass is 341 g/mol. The van der Waals surface area contributed by atoms with Gasteiger partial charge in [0.05, 0.1) is 22.0 Å². The van der Waals surface area contributed by atoms with Gasteiger partial charge in [-0.2, -0.15) is 0 Å². The van der Waals surface area contributed by atoms with E-state index >= 15 is 0 Å². The Morgan fingerprint density at radius 2 is 1.96 bits per heavy atom. The summed E-state index contributed by atoms with van der Waals surface area (Å²) in [6.07, 6.45) is 0. The van der Waals surface area contributed by atoms with E-state index in [9.17, 15) is 9.90 Å². The molecule has 2 aromatic heterocycles. The molecule has 0 unspecified atom stereocenters. The lowest BCUT2D eigenvalue weighted by atomic mass is 10.1. The number of carbonyl (C=O) groups is 1. The maximum Gasteiger partial charge on any atom is 0.339 e. The minimum Gasteiger partial charge on any atom is -0.507 e. The van der Waals surface area contributed by atoms with Crippen LogP contribution in [-0.4, -0.2) is 26.2 Å². The first kappa shape index (κ1) is 16.1. The molecule has 24 heavy (non-hydrogen) atoms. The highest BCUT2D eigenvalue weighted by molar-refractivity contribution is 7.15. The van der Waals surface area contributed by atoms with Crippen LogP contribution in [0.25, 0.3) is 21.8 Å². The fourth-order valence-electron chi connectivity index (χ4n) is 2.37. The number of hydrogen-bond acceptors (Lipinski definition) is 6. The van der Waals surface area contributed by atoms with Crippen molar-refractivity contribution < 1.29 is 15.0 Å². The first-order valence-electron chi connectivity index (χ1n) is 7.20. The molecule has 3 aromatic rings. The van der Waals surface area contributed by atoms with E-state index in [0.717, 1.165) is 21.3 Å². The lowest BCUT2D eigenvalue weighted by Gasteiger charge is -2.06. The number of nitrogens with two attached hydrogens (primary N) is 1. The van der Waals surface area contributed by atoms with Crippen molar-refractivity contribution >= 4 is 17.3 Å². The highest BCUT2D eigenvalue weighted by Gasteiger charge is 2.13. The number of carboxylic acids is 1. The van der Waals surface area contributed by atoms with Crippen molar-refractivity contribution in [1.29, 1.82) is 0 Å². The number of benzene rings is 1. The third kappa shape index (κ3) is 2.99. The van der Waals surface area contributed by atoms with Gasteiger partial charge in [-0.15, -0.1) is 11.3 Å². The summed E-state index contributed by atoms with van der Waals surface area (Å²) in [4.78, 5) is 20.9. The van der Waals surface area contributed by atoms with Crippen molar-refractivity contribution in [1.82, 2.24) is 9.97 Å². The summed E-state index contributed by atoms with van der Waals surface area (Å²) in [5.41, 5.74) is 8.42. The number of aryl methyl sites for hydroxylation is 1. The average Bonchev–Trinajstić information content (AvgIpc) is 2.95. The van der Waals surface area contributed by atoms with Crippen LogP contribution in [0.3, 0.4) is 0 Å². The number of aromatic hydroxyl groups is 1. The van der Waals surface area contributed by atoms with Gasteiger partial charge in [0, 0.05) is 12.1 Å². The Balaban J connectivity index is 2.03. The van der Waals surface area contributed by atoms with E-state index in [2.05, 4.69) is 9.97 Å². The molecule has 1 aromatic carbocycles. The van der Waals surface area contributed by atoms with Crippen molar-refractivity contribution in [2.45, 2.75) is 13.5 Å². The predicted molar refractivity (Wildman–Crippen MR) is 92.0 cm³/mol. The van der Waals surface area contributed by atoms with Crippen LogP contribution in [0.5, 0.6) is 5.75 Å². The Morgan fingerprint density at radius 3 is 2.58 bits per heavy atom. The molecule has 0 spiro atoms. The van der Waals surface area contributed by atoms with Gasteiger partial charge in [0.1, 0.15) is 16.3 Å². The molecule has 6 nitrogen and oxygen atoms in total. The number of aromatic carboxylic acids is 1. The number of nitrogens with zero attached hydrogens (tertiary/aromatic N) is 2. The minimum atomic E-state index is -1.17. The molecule has 0 aliphatic rings. The predicted octanol–water partition coefficient (Wildman–Crippen LogP) is 3.04. The molecule has 0 aliphatic carbocycles. The number of rotatable bonds is 4. The van der Waals surface area contributed by atoms with E-state index in [1.807, 2.05) is 19.1 Å². The van der Waals surface area contributed by atoms with Crippen LogP contribution >= 0.6 is 11.3 Å². The summed E-state index contributed by atoms with van der Waals surface area (Å²) in [7, 11) is 0. The van der Waals surface area contributed by atoms with Crippen LogP contribution in [0, 0.1) is 6.92 Å². The van der Waals surface area contributed by atoms with Gasteiger partial charge in [-0.3, -0.25) is 0 Å². The smallest absolute Gasteiger partial charge is 0.339 e. The van der Waals surface area contributed by atoms with E-state index in [-0.39, 0.29) is 11.3 Å². The molecule has 0 atom stereocenters. The topological polar surface area (TPSA) is 109 Å². The van der Waals surface area contributed by atoms with Crippen LogP contribution in [0.2, 0.25) is 0 Å². The molecule has 0 radical (unpaired) electrons. The second-order valence-corrected chi connectivity index (χ2v) is 6.26. The van der Waals surface area contributed by atoms with E-state index < -0.39 is 5.97 Å². The second-order valence-electron chi connectivity index (χ2n) is 5.17. The van der Waals surface area contributed by atoms with E-state index in [4.69, 9.17) is 10.8 Å². The quantitative estimate of drug-likeness (QED) is 0.673. The molecule has 2 heterocycles. The molecular weight excluding hydrogens is 326 g/mol. The van der Waals surface area contributed by atoms with Gasteiger partial charge < -0.3 is 15.9 Å². The maximum atomic E-state index is 11.0. The van der Waals surface area contributed by atoms with Crippen LogP contribution in [0.4, 0.5) is 0 Å². The van der Waals surface area contributed by atoms with Crippen molar-refractivity contribution in [3.05, 3.63) is 52.7 Å². The summed E-state index contributed by atoms with van der Waals surface area (Å²) in [6, 6.07) is 9.95. The van der Waals surface area contributed by atoms with E-state index in [1.54, 1.807) is 12.1 Å². The van der Waals surface area contributed by atoms with Crippen molar-refractivity contribution in [2.24, 2.45) is 5.73 Å². The number of thiazole rings is 1. The van der Waals surface area contributed by atoms with Crippen molar-refractivity contribution in [2.75, 3.05) is 0 Å². The first-order chi connectivity index (χ1) is 11.5. The highest BCUT2D eigenvalue weighted by atomic mass is 32.1. The largest absolute Gasteiger partial charge is 0.507 e. The SMILES string of the molecule is Cc1nc(CN)sc1-c1cccc(-c2ccc(C(=O)O)c(O)c2)n1. The first-order valence-corrected chi connectivity index (χ1v) is 8.01.